The van der Waals surface area contributed by atoms with Gasteiger partial charge in [-0.2, -0.15) is 0 Å². The molecular weight excluding hydrogens is 344 g/mol. The molecule has 0 radical (unpaired) electrons. The molecule has 10 heteroatoms. The second-order valence-electron chi connectivity index (χ2n) is 5.82. The van der Waals surface area contributed by atoms with Gasteiger partial charge in [0.15, 0.2) is 11.0 Å². The third-order valence-corrected chi connectivity index (χ3v) is 4.97. The number of rotatable bonds is 7. The van der Waals surface area contributed by atoms with Crippen molar-refractivity contribution in [2.45, 2.75) is 24.1 Å². The number of nitrogens with one attached hydrogen (secondary N) is 1. The molecule has 0 saturated carbocycles. The van der Waals surface area contributed by atoms with Crippen molar-refractivity contribution >= 4 is 17.7 Å². The molecule has 3 heterocycles. The van der Waals surface area contributed by atoms with Crippen LogP contribution >= 0.6 is 11.8 Å². The topological polar surface area (TPSA) is 96.1 Å². The number of nitrogens with zero attached hydrogens (tertiary/aromatic N) is 5. The van der Waals surface area contributed by atoms with Gasteiger partial charge in [-0.25, -0.2) is 0 Å². The van der Waals surface area contributed by atoms with Crippen molar-refractivity contribution in [1.29, 1.82) is 0 Å². The Bertz CT molecular complexity index is 738. The zero-order valence-corrected chi connectivity index (χ0v) is 15.4. The number of ether oxygens (including phenoxy) is 2. The van der Waals surface area contributed by atoms with Crippen LogP contribution in [-0.4, -0.2) is 62.6 Å². The Morgan fingerprint density at radius 2 is 2.32 bits per heavy atom. The lowest BCUT2D eigenvalue weighted by atomic mass is 10.2. The molecule has 0 bridgehead atoms. The Hall–Kier alpha value is -2.07. The molecule has 3 rings (SSSR count). The monoisotopic (exact) mass is 366 g/mol. The lowest BCUT2D eigenvalue weighted by molar-refractivity contribution is -0.119. The Balaban J connectivity index is 1.58. The lowest BCUT2D eigenvalue weighted by Crippen LogP contribution is -2.32. The average Bonchev–Trinajstić information content (AvgIpc) is 3.31. The second kappa shape index (κ2) is 7.87. The summed E-state index contributed by atoms with van der Waals surface area (Å²) in [5.41, 5.74) is 0.759. The maximum absolute atomic E-state index is 12.0. The van der Waals surface area contributed by atoms with Crippen LogP contribution in [0.4, 0.5) is 0 Å². The predicted molar refractivity (Wildman–Crippen MR) is 92.5 cm³/mol. The molecular formula is C15H22N6O3S. The highest BCUT2D eigenvalue weighted by Crippen LogP contribution is 2.28. The van der Waals surface area contributed by atoms with Gasteiger partial charge in [0.1, 0.15) is 5.56 Å². The summed E-state index contributed by atoms with van der Waals surface area (Å²) in [4.78, 5) is 12.0. The standard InChI is InChI=1S/C15H22N6O3S/c1-20-8-11(14(19-20)23-3)13-17-18-15(21(13)2)25-9-12(22)16-7-10-5-4-6-24-10/h8,10H,4-7,9H2,1-3H3,(H,16,22). The lowest BCUT2D eigenvalue weighted by Gasteiger charge is -2.10. The number of carbonyl (C=O) groups is 1. The normalized spacial score (nSPS) is 17.0. The number of aromatic nitrogens is 5. The van der Waals surface area contributed by atoms with E-state index < -0.39 is 0 Å². The maximum Gasteiger partial charge on any atom is 0.243 e. The molecule has 1 saturated heterocycles. The number of carbonyl (C=O) groups excluding carboxylic acids is 1. The minimum Gasteiger partial charge on any atom is -0.479 e. The summed E-state index contributed by atoms with van der Waals surface area (Å²) in [7, 11) is 5.24. The number of aryl methyl sites for hydroxylation is 1. The van der Waals surface area contributed by atoms with Gasteiger partial charge in [0.05, 0.1) is 19.0 Å². The first-order valence-corrected chi connectivity index (χ1v) is 9.05. The van der Waals surface area contributed by atoms with E-state index in [-0.39, 0.29) is 17.8 Å². The fourth-order valence-corrected chi connectivity index (χ4v) is 3.40. The molecule has 2 aromatic heterocycles. The summed E-state index contributed by atoms with van der Waals surface area (Å²) >= 11 is 1.34. The Morgan fingerprint density at radius 3 is 3.04 bits per heavy atom. The van der Waals surface area contributed by atoms with E-state index in [0.29, 0.717) is 23.4 Å². The Kier molecular flexibility index (Phi) is 5.59. The summed E-state index contributed by atoms with van der Waals surface area (Å²) < 4.78 is 14.3. The summed E-state index contributed by atoms with van der Waals surface area (Å²) in [5, 5.41) is 16.1. The van der Waals surface area contributed by atoms with Gasteiger partial charge < -0.3 is 19.4 Å². The van der Waals surface area contributed by atoms with Crippen molar-refractivity contribution in [3.63, 3.8) is 0 Å². The highest BCUT2D eigenvalue weighted by molar-refractivity contribution is 7.99. The van der Waals surface area contributed by atoms with Crippen molar-refractivity contribution in [3.8, 4) is 17.3 Å². The van der Waals surface area contributed by atoms with Gasteiger partial charge in [-0.05, 0) is 12.8 Å². The maximum atomic E-state index is 12.0. The summed E-state index contributed by atoms with van der Waals surface area (Å²) in [6.45, 7) is 1.35. The van der Waals surface area contributed by atoms with E-state index in [1.165, 1.54) is 11.8 Å². The molecule has 1 amide bonds. The van der Waals surface area contributed by atoms with Crippen LogP contribution in [0.25, 0.3) is 11.4 Å². The van der Waals surface area contributed by atoms with Crippen LogP contribution < -0.4 is 10.1 Å². The molecule has 1 fully saturated rings. The van der Waals surface area contributed by atoms with Crippen LogP contribution in [-0.2, 0) is 23.6 Å². The van der Waals surface area contributed by atoms with E-state index in [9.17, 15) is 4.79 Å². The number of hydrogen-bond donors (Lipinski definition) is 1. The van der Waals surface area contributed by atoms with E-state index in [0.717, 1.165) is 25.0 Å². The summed E-state index contributed by atoms with van der Waals surface area (Å²) in [6, 6.07) is 0. The zero-order chi connectivity index (χ0) is 17.8. The van der Waals surface area contributed by atoms with Gasteiger partial charge in [0.2, 0.25) is 11.8 Å². The first kappa shape index (κ1) is 17.7. The van der Waals surface area contributed by atoms with Crippen molar-refractivity contribution in [2.24, 2.45) is 14.1 Å². The minimum absolute atomic E-state index is 0.0380. The Morgan fingerprint density at radius 1 is 1.48 bits per heavy atom. The van der Waals surface area contributed by atoms with Crippen LogP contribution in [0.15, 0.2) is 11.4 Å². The fraction of sp³-hybridized carbons (Fsp3) is 0.600. The average molecular weight is 366 g/mol. The molecule has 1 unspecified atom stereocenters. The molecule has 1 N–H and O–H groups in total. The third-order valence-electron chi connectivity index (χ3n) is 3.95. The fourth-order valence-electron chi connectivity index (χ4n) is 2.66. The van der Waals surface area contributed by atoms with Gasteiger partial charge in [-0.3, -0.25) is 9.48 Å². The Labute approximate surface area is 150 Å². The summed E-state index contributed by atoms with van der Waals surface area (Å²) in [6.07, 6.45) is 4.04. The first-order chi connectivity index (χ1) is 12.1. The van der Waals surface area contributed by atoms with Crippen molar-refractivity contribution < 1.29 is 14.3 Å². The molecule has 9 nitrogen and oxygen atoms in total. The molecule has 136 valence electrons. The van der Waals surface area contributed by atoms with Gasteiger partial charge >= 0.3 is 0 Å². The van der Waals surface area contributed by atoms with E-state index >= 15 is 0 Å². The predicted octanol–water partition coefficient (Wildman–Crippen LogP) is 0.611. The summed E-state index contributed by atoms with van der Waals surface area (Å²) in [5.74, 6) is 1.38. The SMILES string of the molecule is COc1nn(C)cc1-c1nnc(SCC(=O)NCC2CCCO2)n1C. The highest BCUT2D eigenvalue weighted by atomic mass is 32.2. The van der Waals surface area contributed by atoms with E-state index in [4.69, 9.17) is 9.47 Å². The number of amides is 1. The second-order valence-corrected chi connectivity index (χ2v) is 6.76. The molecule has 0 aliphatic carbocycles. The highest BCUT2D eigenvalue weighted by Gasteiger charge is 2.19. The van der Waals surface area contributed by atoms with Gasteiger partial charge in [0, 0.05) is 33.4 Å². The number of methoxy groups -OCH3 is 1. The van der Waals surface area contributed by atoms with Crippen LogP contribution in [0.1, 0.15) is 12.8 Å². The molecule has 2 aromatic rings. The van der Waals surface area contributed by atoms with E-state index in [2.05, 4.69) is 20.6 Å². The van der Waals surface area contributed by atoms with Gasteiger partial charge in [-0.1, -0.05) is 11.8 Å². The van der Waals surface area contributed by atoms with Crippen LogP contribution in [0.5, 0.6) is 5.88 Å². The van der Waals surface area contributed by atoms with E-state index in [1.807, 2.05) is 24.9 Å². The zero-order valence-electron chi connectivity index (χ0n) is 14.6. The van der Waals surface area contributed by atoms with Crippen LogP contribution in [0, 0.1) is 0 Å². The quantitative estimate of drug-likeness (QED) is 0.717. The number of hydrogen-bond acceptors (Lipinski definition) is 7. The molecule has 1 atom stereocenters. The van der Waals surface area contributed by atoms with Gasteiger partial charge in [0.25, 0.3) is 0 Å². The van der Waals surface area contributed by atoms with Crippen molar-refractivity contribution in [2.75, 3.05) is 26.0 Å². The van der Waals surface area contributed by atoms with Crippen molar-refractivity contribution in [1.82, 2.24) is 29.9 Å². The molecule has 1 aliphatic rings. The number of thioether (sulfide) groups is 1. The van der Waals surface area contributed by atoms with Crippen LogP contribution in [0.3, 0.4) is 0 Å². The van der Waals surface area contributed by atoms with Gasteiger partial charge in [-0.15, -0.1) is 15.3 Å². The van der Waals surface area contributed by atoms with Crippen LogP contribution in [0.2, 0.25) is 0 Å². The molecule has 25 heavy (non-hydrogen) atoms. The molecule has 1 aliphatic heterocycles. The smallest absolute Gasteiger partial charge is 0.243 e. The molecule has 0 spiro atoms. The first-order valence-electron chi connectivity index (χ1n) is 8.07. The third kappa shape index (κ3) is 4.13. The van der Waals surface area contributed by atoms with Crippen molar-refractivity contribution in [3.05, 3.63) is 6.20 Å². The largest absolute Gasteiger partial charge is 0.479 e. The van der Waals surface area contributed by atoms with E-state index in [1.54, 1.807) is 11.8 Å². The molecule has 0 aromatic carbocycles. The minimum atomic E-state index is -0.0380.